The zero-order chi connectivity index (χ0) is 22.5. The number of carbonyl (C=O) groups is 1. The summed E-state index contributed by atoms with van der Waals surface area (Å²) in [6, 6.07) is 3.41. The van der Waals surface area contributed by atoms with Crippen molar-refractivity contribution in [2.75, 3.05) is 32.1 Å². The molecule has 0 spiro atoms. The fourth-order valence-electron chi connectivity index (χ4n) is 4.32. The fraction of sp³-hybridized carbons (Fsp3) is 0.400. The molecule has 0 bridgehead atoms. The number of nitrogens with zero attached hydrogens (tertiary/aromatic N) is 5. The van der Waals surface area contributed by atoms with Gasteiger partial charge in [-0.15, -0.1) is 0 Å². The Labute approximate surface area is 180 Å². The minimum absolute atomic E-state index is 0.199. The number of ether oxygens (including phenoxy) is 1. The molecule has 1 aromatic carbocycles. The van der Waals surface area contributed by atoms with Gasteiger partial charge in [-0.25, -0.2) is 14.8 Å². The zero-order valence-corrected chi connectivity index (χ0v) is 17.1. The van der Waals surface area contributed by atoms with E-state index in [9.17, 15) is 18.0 Å². The van der Waals surface area contributed by atoms with Gasteiger partial charge in [-0.2, -0.15) is 18.3 Å². The minimum Gasteiger partial charge on any atom is -0.467 e. The highest BCUT2D eigenvalue weighted by atomic mass is 19.4. The molecule has 0 aliphatic carbocycles. The number of anilines is 1. The molecule has 1 atom stereocenters. The predicted molar refractivity (Wildman–Crippen MR) is 109 cm³/mol. The van der Waals surface area contributed by atoms with Gasteiger partial charge in [0, 0.05) is 54.7 Å². The van der Waals surface area contributed by atoms with Gasteiger partial charge in [0.1, 0.15) is 5.69 Å². The number of carbonyl (C=O) groups excluding carboxylic acids is 1. The lowest BCUT2D eigenvalue weighted by molar-refractivity contribution is -0.143. The highest BCUT2D eigenvalue weighted by Gasteiger charge is 2.38. The first-order chi connectivity index (χ1) is 15.3. The van der Waals surface area contributed by atoms with Crippen LogP contribution in [0.1, 0.15) is 12.0 Å². The Bertz CT molecular complexity index is 1160. The Morgan fingerprint density at radius 1 is 1.25 bits per heavy atom. The van der Waals surface area contributed by atoms with E-state index in [-0.39, 0.29) is 24.6 Å². The molecule has 5 rings (SSSR count). The first-order valence-corrected chi connectivity index (χ1v) is 10.0. The highest BCUT2D eigenvalue weighted by Crippen LogP contribution is 2.34. The maximum absolute atomic E-state index is 12.7. The second kappa shape index (κ2) is 7.62. The highest BCUT2D eigenvalue weighted by molar-refractivity contribution is 6.00. The second-order valence-electron chi connectivity index (χ2n) is 7.94. The van der Waals surface area contributed by atoms with Gasteiger partial charge < -0.3 is 15.0 Å². The molecule has 9 nitrogen and oxygen atoms in total. The van der Waals surface area contributed by atoms with E-state index in [4.69, 9.17) is 4.74 Å². The molecule has 2 aromatic heterocycles. The summed E-state index contributed by atoms with van der Waals surface area (Å²) in [6.07, 6.45) is -0.521. The number of hydrogen-bond donors (Lipinski definition) is 2. The Morgan fingerprint density at radius 3 is 2.75 bits per heavy atom. The first-order valence-electron chi connectivity index (χ1n) is 10.0. The van der Waals surface area contributed by atoms with Crippen molar-refractivity contribution >= 4 is 22.6 Å². The molecule has 32 heavy (non-hydrogen) atoms. The third kappa shape index (κ3) is 3.81. The standard InChI is InChI=1S/C20H20F3N7O2/c1-32-18-24-6-12(7-25-18)17-14-4-11-8-30(13-2-3-29(9-13)10-20(21,22)23)19(31)26-15(11)5-16(14)27-28-17/h4-7,13H,2-3,8-10H2,1H3,(H,26,31)(H,27,28). The van der Waals surface area contributed by atoms with Gasteiger partial charge in [0.15, 0.2) is 0 Å². The average Bonchev–Trinajstić information content (AvgIpc) is 3.37. The van der Waals surface area contributed by atoms with Crippen molar-refractivity contribution in [1.29, 1.82) is 0 Å². The van der Waals surface area contributed by atoms with Crippen molar-refractivity contribution in [3.05, 3.63) is 30.1 Å². The van der Waals surface area contributed by atoms with Gasteiger partial charge >= 0.3 is 18.2 Å². The minimum atomic E-state index is -4.25. The van der Waals surface area contributed by atoms with Crippen LogP contribution in [0.25, 0.3) is 22.2 Å². The predicted octanol–water partition coefficient (Wildman–Crippen LogP) is 3.01. The molecule has 1 unspecified atom stereocenters. The van der Waals surface area contributed by atoms with Crippen molar-refractivity contribution in [3.8, 4) is 17.3 Å². The quantitative estimate of drug-likeness (QED) is 0.638. The number of alkyl halides is 3. The number of amides is 2. The smallest absolute Gasteiger partial charge is 0.401 e. The van der Waals surface area contributed by atoms with Gasteiger partial charge in [0.05, 0.1) is 19.2 Å². The molecule has 2 N–H and O–H groups in total. The lowest BCUT2D eigenvalue weighted by atomic mass is 10.0. The van der Waals surface area contributed by atoms with Crippen molar-refractivity contribution in [2.45, 2.75) is 25.2 Å². The topological polar surface area (TPSA) is 99.3 Å². The van der Waals surface area contributed by atoms with Crippen molar-refractivity contribution < 1.29 is 22.7 Å². The lowest BCUT2D eigenvalue weighted by Crippen LogP contribution is -2.46. The Hall–Kier alpha value is -3.41. The molecular weight excluding hydrogens is 427 g/mol. The van der Waals surface area contributed by atoms with Crippen LogP contribution in [-0.2, 0) is 6.54 Å². The summed E-state index contributed by atoms with van der Waals surface area (Å²) in [4.78, 5) is 23.9. The third-order valence-electron chi connectivity index (χ3n) is 5.81. The van der Waals surface area contributed by atoms with Crippen molar-refractivity contribution in [2.24, 2.45) is 0 Å². The number of nitrogens with one attached hydrogen (secondary N) is 2. The Kier molecular flexibility index (Phi) is 4.88. The van der Waals surface area contributed by atoms with E-state index < -0.39 is 12.7 Å². The van der Waals surface area contributed by atoms with E-state index in [1.807, 2.05) is 12.1 Å². The number of benzene rings is 1. The van der Waals surface area contributed by atoms with Crippen molar-refractivity contribution in [3.63, 3.8) is 0 Å². The fourth-order valence-corrected chi connectivity index (χ4v) is 4.32. The van der Waals surface area contributed by atoms with Crippen LogP contribution in [0, 0.1) is 0 Å². The van der Waals surface area contributed by atoms with Crippen LogP contribution >= 0.6 is 0 Å². The van der Waals surface area contributed by atoms with Gasteiger partial charge in [-0.3, -0.25) is 10.00 Å². The number of urea groups is 1. The number of methoxy groups -OCH3 is 1. The van der Waals surface area contributed by atoms with E-state index in [1.165, 1.54) is 12.0 Å². The summed E-state index contributed by atoms with van der Waals surface area (Å²) < 4.78 is 43.2. The molecule has 2 aliphatic rings. The molecule has 2 aliphatic heterocycles. The van der Waals surface area contributed by atoms with Crippen LogP contribution in [0.3, 0.4) is 0 Å². The molecule has 168 valence electrons. The van der Waals surface area contributed by atoms with Gasteiger partial charge in [0.2, 0.25) is 0 Å². The van der Waals surface area contributed by atoms with Crippen LogP contribution < -0.4 is 10.1 Å². The van der Waals surface area contributed by atoms with Crippen LogP contribution in [-0.4, -0.2) is 75.0 Å². The maximum atomic E-state index is 12.7. The summed E-state index contributed by atoms with van der Waals surface area (Å²) in [7, 11) is 1.48. The summed E-state index contributed by atoms with van der Waals surface area (Å²) >= 11 is 0. The molecule has 12 heteroatoms. The molecule has 1 fully saturated rings. The third-order valence-corrected chi connectivity index (χ3v) is 5.81. The van der Waals surface area contributed by atoms with E-state index in [1.54, 1.807) is 17.3 Å². The molecular formula is C20H20F3N7O2. The largest absolute Gasteiger partial charge is 0.467 e. The normalized spacial score (nSPS) is 19.3. The summed E-state index contributed by atoms with van der Waals surface area (Å²) in [6.45, 7) is -0.141. The molecule has 0 radical (unpaired) electrons. The lowest BCUT2D eigenvalue weighted by Gasteiger charge is -2.34. The van der Waals surface area contributed by atoms with E-state index in [0.29, 0.717) is 36.5 Å². The van der Waals surface area contributed by atoms with E-state index in [2.05, 4.69) is 25.5 Å². The number of aromatic amines is 1. The van der Waals surface area contributed by atoms with Crippen LogP contribution in [0.5, 0.6) is 6.01 Å². The van der Waals surface area contributed by atoms with Gasteiger partial charge in [0.25, 0.3) is 0 Å². The van der Waals surface area contributed by atoms with Gasteiger partial charge in [-0.05, 0) is 24.1 Å². The Balaban J connectivity index is 1.41. The molecule has 0 saturated carbocycles. The number of aromatic nitrogens is 4. The van der Waals surface area contributed by atoms with Gasteiger partial charge in [-0.1, -0.05) is 0 Å². The maximum Gasteiger partial charge on any atom is 0.401 e. The molecule has 2 amide bonds. The van der Waals surface area contributed by atoms with Crippen LogP contribution in [0.4, 0.5) is 23.7 Å². The van der Waals surface area contributed by atoms with E-state index in [0.717, 1.165) is 16.5 Å². The SMILES string of the molecule is COc1ncc(-c2n[nH]c3cc4c(cc23)CN(C2CCN(CC(F)(F)F)C2)C(=O)N4)cn1. The number of hydrogen-bond acceptors (Lipinski definition) is 6. The van der Waals surface area contributed by atoms with E-state index >= 15 is 0 Å². The number of H-pyrrole nitrogens is 1. The first kappa shape index (κ1) is 20.5. The number of rotatable bonds is 4. The van der Waals surface area contributed by atoms with Crippen molar-refractivity contribution in [1.82, 2.24) is 30.0 Å². The average molecular weight is 447 g/mol. The summed E-state index contributed by atoms with van der Waals surface area (Å²) in [5.41, 5.74) is 3.62. The molecule has 1 saturated heterocycles. The van der Waals surface area contributed by atoms with Crippen LogP contribution in [0.2, 0.25) is 0 Å². The zero-order valence-electron chi connectivity index (χ0n) is 17.1. The number of fused-ring (bicyclic) bond motifs is 2. The molecule has 3 aromatic rings. The molecule has 4 heterocycles. The summed E-state index contributed by atoms with van der Waals surface area (Å²) in [5, 5.41) is 11.0. The van der Waals surface area contributed by atoms with Crippen LogP contribution in [0.15, 0.2) is 24.5 Å². The second-order valence-corrected chi connectivity index (χ2v) is 7.94. The number of halogens is 3. The monoisotopic (exact) mass is 447 g/mol. The summed E-state index contributed by atoms with van der Waals surface area (Å²) in [5.74, 6) is 0. The number of likely N-dealkylation sites (tertiary alicyclic amines) is 1. The Morgan fingerprint density at radius 2 is 2.03 bits per heavy atom.